The number of amides is 3. The fraction of sp³-hybridized carbons (Fsp3) is 0.333. The van der Waals surface area contributed by atoms with E-state index < -0.39 is 11.7 Å². The minimum atomic E-state index is -0.588. The van der Waals surface area contributed by atoms with Gasteiger partial charge in [-0.1, -0.05) is 24.3 Å². The van der Waals surface area contributed by atoms with E-state index in [0.29, 0.717) is 31.7 Å². The van der Waals surface area contributed by atoms with Crippen LogP contribution in [0.1, 0.15) is 32.8 Å². The number of aromatic nitrogens is 2. The second kappa shape index (κ2) is 10.6. The van der Waals surface area contributed by atoms with Gasteiger partial charge in [-0.15, -0.1) is 0 Å². The number of nitrogens with one attached hydrogen (secondary N) is 2. The highest BCUT2D eigenvalue weighted by atomic mass is 16.6. The van der Waals surface area contributed by atoms with Crippen molar-refractivity contribution in [3.8, 4) is 0 Å². The van der Waals surface area contributed by atoms with Gasteiger partial charge in [0, 0.05) is 37.1 Å². The number of benzene rings is 1. The highest BCUT2D eigenvalue weighted by Crippen LogP contribution is 2.20. The number of anilines is 1. The van der Waals surface area contributed by atoms with Crippen molar-refractivity contribution >= 4 is 28.7 Å². The lowest BCUT2D eigenvalue weighted by Crippen LogP contribution is -2.38. The summed E-state index contributed by atoms with van der Waals surface area (Å²) in [6.45, 7) is 6.72. The minimum Gasteiger partial charge on any atom is -0.444 e. The van der Waals surface area contributed by atoms with Gasteiger partial charge in [0.05, 0.1) is 17.7 Å². The Bertz CT molecular complexity index is 1040. The number of carbonyl (C=O) groups is 2. The number of urea groups is 1. The van der Waals surface area contributed by atoms with Gasteiger partial charge in [0.1, 0.15) is 5.60 Å². The summed E-state index contributed by atoms with van der Waals surface area (Å²) >= 11 is 0. The zero-order chi connectivity index (χ0) is 23.0. The van der Waals surface area contributed by atoms with Gasteiger partial charge in [0.15, 0.2) is 0 Å². The Kier molecular flexibility index (Phi) is 7.59. The number of pyridine rings is 2. The fourth-order valence-corrected chi connectivity index (χ4v) is 3.12. The van der Waals surface area contributed by atoms with Crippen LogP contribution in [-0.4, -0.2) is 45.7 Å². The van der Waals surface area contributed by atoms with Crippen LogP contribution in [0, 0.1) is 0 Å². The maximum absolute atomic E-state index is 12.6. The molecule has 2 aromatic heterocycles. The van der Waals surface area contributed by atoms with E-state index in [1.165, 1.54) is 0 Å². The van der Waals surface area contributed by atoms with E-state index in [4.69, 9.17) is 4.74 Å². The first-order chi connectivity index (χ1) is 15.3. The van der Waals surface area contributed by atoms with E-state index in [2.05, 4.69) is 20.6 Å². The molecule has 3 aromatic rings. The van der Waals surface area contributed by atoms with Crippen molar-refractivity contribution in [2.45, 2.75) is 39.3 Å². The van der Waals surface area contributed by atoms with Crippen LogP contribution in [0.25, 0.3) is 10.9 Å². The quantitative estimate of drug-likeness (QED) is 0.530. The summed E-state index contributed by atoms with van der Waals surface area (Å²) in [6.07, 6.45) is 5.28. The molecule has 8 nitrogen and oxygen atoms in total. The van der Waals surface area contributed by atoms with E-state index >= 15 is 0 Å². The van der Waals surface area contributed by atoms with Crippen LogP contribution in [0.3, 0.4) is 0 Å². The second-order valence-corrected chi connectivity index (χ2v) is 8.38. The van der Waals surface area contributed by atoms with Crippen molar-refractivity contribution in [3.05, 3.63) is 66.6 Å². The summed E-state index contributed by atoms with van der Waals surface area (Å²) in [5.74, 6) is 0. The molecule has 0 aliphatic rings. The Morgan fingerprint density at radius 2 is 1.84 bits per heavy atom. The monoisotopic (exact) mass is 435 g/mol. The average molecular weight is 436 g/mol. The van der Waals surface area contributed by atoms with E-state index in [9.17, 15) is 9.59 Å². The normalized spacial score (nSPS) is 11.1. The molecule has 8 heteroatoms. The Morgan fingerprint density at radius 1 is 1.06 bits per heavy atom. The van der Waals surface area contributed by atoms with Gasteiger partial charge in [-0.05, 0) is 51.0 Å². The lowest BCUT2D eigenvalue weighted by atomic mass is 10.2. The number of carbonyl (C=O) groups excluding carboxylic acids is 2. The van der Waals surface area contributed by atoms with Crippen LogP contribution in [0.15, 0.2) is 61.1 Å². The van der Waals surface area contributed by atoms with Crippen LogP contribution >= 0.6 is 0 Å². The number of para-hydroxylation sites is 1. The summed E-state index contributed by atoms with van der Waals surface area (Å²) < 4.78 is 5.53. The number of nitrogens with zero attached hydrogens (tertiary/aromatic N) is 3. The molecule has 1 aromatic carbocycles. The van der Waals surface area contributed by atoms with Crippen LogP contribution in [0.5, 0.6) is 0 Å². The van der Waals surface area contributed by atoms with E-state index in [-0.39, 0.29) is 6.03 Å². The molecule has 32 heavy (non-hydrogen) atoms. The zero-order valence-electron chi connectivity index (χ0n) is 18.7. The maximum atomic E-state index is 12.6. The molecule has 0 aliphatic carbocycles. The highest BCUT2D eigenvalue weighted by molar-refractivity contribution is 5.99. The largest absolute Gasteiger partial charge is 0.444 e. The van der Waals surface area contributed by atoms with Gasteiger partial charge < -0.3 is 20.3 Å². The maximum Gasteiger partial charge on any atom is 0.410 e. The summed E-state index contributed by atoms with van der Waals surface area (Å²) in [4.78, 5) is 35.0. The lowest BCUT2D eigenvalue weighted by molar-refractivity contribution is 0.0232. The van der Waals surface area contributed by atoms with Crippen LogP contribution in [0.4, 0.5) is 15.3 Å². The first kappa shape index (κ1) is 23.0. The van der Waals surface area contributed by atoms with E-state index in [1.807, 2.05) is 63.2 Å². The van der Waals surface area contributed by atoms with E-state index in [1.54, 1.807) is 23.5 Å². The summed E-state index contributed by atoms with van der Waals surface area (Å²) in [5.41, 5.74) is 1.70. The number of hydrogen-bond acceptors (Lipinski definition) is 5. The fourth-order valence-electron chi connectivity index (χ4n) is 3.12. The van der Waals surface area contributed by atoms with Crippen molar-refractivity contribution in [1.29, 1.82) is 0 Å². The standard InChI is InChI=1S/C24H29N5O3/c1-24(2,3)32-23(31)29(17-18-8-5-12-25-16-18)15-7-14-27-22(30)28-20-11-4-9-19-10-6-13-26-21(19)20/h4-6,8-13,16H,7,14-15,17H2,1-3H3,(H2,27,28,30). The lowest BCUT2D eigenvalue weighted by Gasteiger charge is -2.27. The third-order valence-corrected chi connectivity index (χ3v) is 4.52. The molecule has 0 bridgehead atoms. The smallest absolute Gasteiger partial charge is 0.410 e. The summed E-state index contributed by atoms with van der Waals surface area (Å²) in [7, 11) is 0. The SMILES string of the molecule is CC(C)(C)OC(=O)N(CCCNC(=O)Nc1cccc2cccnc12)Cc1cccnc1. The number of ether oxygens (including phenoxy) is 1. The Balaban J connectivity index is 1.53. The zero-order valence-corrected chi connectivity index (χ0v) is 18.7. The number of rotatable bonds is 7. The Morgan fingerprint density at radius 3 is 2.59 bits per heavy atom. The van der Waals surface area contributed by atoms with Crippen LogP contribution in [-0.2, 0) is 11.3 Å². The molecule has 2 heterocycles. The van der Waals surface area contributed by atoms with Crippen molar-refractivity contribution in [3.63, 3.8) is 0 Å². The number of hydrogen-bond donors (Lipinski definition) is 2. The first-order valence-electron chi connectivity index (χ1n) is 10.6. The molecule has 0 unspecified atom stereocenters. The Hall–Kier alpha value is -3.68. The molecular weight excluding hydrogens is 406 g/mol. The molecule has 0 saturated carbocycles. The highest BCUT2D eigenvalue weighted by Gasteiger charge is 2.22. The predicted molar refractivity (Wildman–Crippen MR) is 124 cm³/mol. The molecule has 0 spiro atoms. The van der Waals surface area contributed by atoms with Crippen molar-refractivity contribution < 1.29 is 14.3 Å². The van der Waals surface area contributed by atoms with Gasteiger partial charge in [0.25, 0.3) is 0 Å². The first-order valence-corrected chi connectivity index (χ1v) is 10.6. The molecule has 0 atom stereocenters. The van der Waals surface area contributed by atoms with E-state index in [0.717, 1.165) is 16.5 Å². The molecule has 3 amide bonds. The number of fused-ring (bicyclic) bond motifs is 1. The molecule has 0 radical (unpaired) electrons. The minimum absolute atomic E-state index is 0.320. The molecule has 0 fully saturated rings. The van der Waals surface area contributed by atoms with Gasteiger partial charge >= 0.3 is 12.1 Å². The van der Waals surface area contributed by atoms with Gasteiger partial charge in [-0.2, -0.15) is 0 Å². The predicted octanol–water partition coefficient (Wildman–Crippen LogP) is 4.58. The Labute approximate surface area is 188 Å². The van der Waals surface area contributed by atoms with Gasteiger partial charge in [-0.25, -0.2) is 9.59 Å². The second-order valence-electron chi connectivity index (χ2n) is 8.38. The third kappa shape index (κ3) is 6.94. The summed E-state index contributed by atoms with van der Waals surface area (Å²) in [6, 6.07) is 12.8. The molecule has 0 aliphatic heterocycles. The average Bonchev–Trinajstić information content (AvgIpc) is 2.75. The molecular formula is C24H29N5O3. The van der Waals surface area contributed by atoms with Crippen LogP contribution in [0.2, 0.25) is 0 Å². The van der Waals surface area contributed by atoms with Gasteiger partial charge in [0.2, 0.25) is 0 Å². The van der Waals surface area contributed by atoms with Gasteiger partial charge in [-0.3, -0.25) is 9.97 Å². The molecule has 3 rings (SSSR count). The van der Waals surface area contributed by atoms with Crippen molar-refractivity contribution in [2.24, 2.45) is 0 Å². The molecule has 0 saturated heterocycles. The van der Waals surface area contributed by atoms with Crippen LogP contribution < -0.4 is 10.6 Å². The third-order valence-electron chi connectivity index (χ3n) is 4.52. The molecule has 2 N–H and O–H groups in total. The molecule has 168 valence electrons. The van der Waals surface area contributed by atoms with Crippen molar-refractivity contribution in [2.75, 3.05) is 18.4 Å². The summed E-state index contributed by atoms with van der Waals surface area (Å²) in [5, 5.41) is 6.63. The topological polar surface area (TPSA) is 96.5 Å². The van der Waals surface area contributed by atoms with Crippen molar-refractivity contribution in [1.82, 2.24) is 20.2 Å².